The highest BCUT2D eigenvalue weighted by Gasteiger charge is 2.14. The first-order valence-electron chi connectivity index (χ1n) is 9.91. The van der Waals surface area contributed by atoms with Gasteiger partial charge in [-0.1, -0.05) is 24.8 Å². The minimum atomic E-state index is -2.75. The van der Waals surface area contributed by atoms with Gasteiger partial charge in [0.2, 0.25) is 0 Å². The first-order valence-corrected chi connectivity index (χ1v) is 10.4. The molecule has 0 aliphatic carbocycles. The highest BCUT2D eigenvalue weighted by molar-refractivity contribution is 6.17. The van der Waals surface area contributed by atoms with Crippen molar-refractivity contribution in [2.45, 2.75) is 19.4 Å². The molecule has 10 heteroatoms. The number of imidazole rings is 1. The summed E-state index contributed by atoms with van der Waals surface area (Å²) in [6.45, 7) is 3.19. The zero-order valence-electron chi connectivity index (χ0n) is 17.7. The monoisotopic (exact) mass is 467 g/mol. The Hall–Kier alpha value is -3.85. The highest BCUT2D eigenvalue weighted by Crippen LogP contribution is 2.23. The van der Waals surface area contributed by atoms with E-state index in [4.69, 9.17) is 22.3 Å². The minimum absolute atomic E-state index is 0.199. The van der Waals surface area contributed by atoms with Crippen LogP contribution in [0.2, 0.25) is 0 Å². The molecule has 2 N–H and O–H groups in total. The van der Waals surface area contributed by atoms with Crippen molar-refractivity contribution < 1.29 is 8.78 Å². The van der Waals surface area contributed by atoms with E-state index in [1.54, 1.807) is 31.3 Å². The van der Waals surface area contributed by atoms with Crippen LogP contribution in [0.25, 0.3) is 35.3 Å². The van der Waals surface area contributed by atoms with E-state index in [2.05, 4.69) is 21.6 Å². The van der Waals surface area contributed by atoms with E-state index in [-0.39, 0.29) is 5.82 Å². The number of alkyl halides is 3. The van der Waals surface area contributed by atoms with E-state index in [0.717, 1.165) is 17.6 Å². The molecule has 0 unspecified atom stereocenters. The third-order valence-electron chi connectivity index (χ3n) is 4.98. The summed E-state index contributed by atoms with van der Waals surface area (Å²) in [4.78, 5) is 12.8. The lowest BCUT2D eigenvalue weighted by Crippen LogP contribution is -2.27. The van der Waals surface area contributed by atoms with Crippen LogP contribution in [0.5, 0.6) is 0 Å². The number of pyridine rings is 1. The second-order valence-electron chi connectivity index (χ2n) is 7.18. The van der Waals surface area contributed by atoms with Gasteiger partial charge in [0, 0.05) is 17.8 Å². The number of benzene rings is 1. The number of rotatable bonds is 6. The first kappa shape index (κ1) is 22.3. The zero-order valence-corrected chi connectivity index (χ0v) is 18.4. The highest BCUT2D eigenvalue weighted by atomic mass is 35.5. The molecule has 0 saturated heterocycles. The Morgan fingerprint density at radius 3 is 2.61 bits per heavy atom. The normalized spacial score (nSPS) is 12.6. The average Bonchev–Trinajstić information content (AvgIpc) is 3.43. The summed E-state index contributed by atoms with van der Waals surface area (Å²) < 4.78 is 28.0. The lowest BCUT2D eigenvalue weighted by Gasteiger charge is -2.10. The van der Waals surface area contributed by atoms with E-state index in [0.29, 0.717) is 44.0 Å². The third-order valence-corrected chi connectivity index (χ3v) is 5.29. The molecule has 0 aliphatic heterocycles. The van der Waals surface area contributed by atoms with E-state index >= 15 is 0 Å². The van der Waals surface area contributed by atoms with Gasteiger partial charge in [-0.2, -0.15) is 13.5 Å². The number of hydrogen-bond donors (Lipinski definition) is 1. The summed E-state index contributed by atoms with van der Waals surface area (Å²) in [7, 11) is 0. The summed E-state index contributed by atoms with van der Waals surface area (Å²) in [5.41, 5.74) is 9.19. The SMILES string of the molecule is C=c1/c(=C\C=C(/C)c2ncn(C(F)F)n2)nc(-c2cccnc2N)n1-c1ccc(CCl)cc1. The molecule has 7 nitrogen and oxygen atoms in total. The molecule has 0 bridgehead atoms. The Morgan fingerprint density at radius 2 is 1.97 bits per heavy atom. The number of nitrogens with two attached hydrogens (primary N) is 1. The van der Waals surface area contributed by atoms with Gasteiger partial charge in [0.25, 0.3) is 0 Å². The van der Waals surface area contributed by atoms with Crippen LogP contribution in [-0.4, -0.2) is 29.3 Å². The first-order chi connectivity index (χ1) is 15.9. The van der Waals surface area contributed by atoms with Crippen LogP contribution in [-0.2, 0) is 5.88 Å². The summed E-state index contributed by atoms with van der Waals surface area (Å²) in [5, 5.41) is 4.97. The Bertz CT molecular complexity index is 1420. The molecule has 0 saturated carbocycles. The minimum Gasteiger partial charge on any atom is -0.383 e. The zero-order chi connectivity index (χ0) is 23.5. The second-order valence-corrected chi connectivity index (χ2v) is 7.45. The Morgan fingerprint density at radius 1 is 1.21 bits per heavy atom. The van der Waals surface area contributed by atoms with E-state index in [1.807, 2.05) is 34.9 Å². The number of aromatic nitrogens is 6. The van der Waals surface area contributed by atoms with Crippen molar-refractivity contribution in [2.24, 2.45) is 0 Å². The van der Waals surface area contributed by atoms with Crippen molar-refractivity contribution in [3.8, 4) is 17.1 Å². The number of nitrogens with zero attached hydrogens (tertiary/aromatic N) is 6. The van der Waals surface area contributed by atoms with Gasteiger partial charge >= 0.3 is 6.55 Å². The fraction of sp³-hybridized carbons (Fsp3) is 0.130. The summed E-state index contributed by atoms with van der Waals surface area (Å²) in [6, 6.07) is 11.3. The molecular formula is C23H20ClF2N7. The molecule has 0 spiro atoms. The molecule has 168 valence electrons. The van der Waals surface area contributed by atoms with Crippen LogP contribution >= 0.6 is 11.6 Å². The van der Waals surface area contributed by atoms with Crippen LogP contribution in [0.4, 0.5) is 14.6 Å². The summed E-state index contributed by atoms with van der Waals surface area (Å²) >= 11 is 5.93. The maximum absolute atomic E-state index is 12.8. The van der Waals surface area contributed by atoms with Crippen LogP contribution in [0, 0.1) is 0 Å². The number of hydrogen-bond acceptors (Lipinski definition) is 5. The number of allylic oxidation sites excluding steroid dienone is 2. The quantitative estimate of drug-likeness (QED) is 0.438. The molecule has 0 atom stereocenters. The van der Waals surface area contributed by atoms with Gasteiger partial charge in [0.05, 0.1) is 16.3 Å². The smallest absolute Gasteiger partial charge is 0.334 e. The molecule has 4 aromatic rings. The molecule has 4 rings (SSSR count). The van der Waals surface area contributed by atoms with Crippen LogP contribution in [0.3, 0.4) is 0 Å². The third kappa shape index (κ3) is 4.54. The topological polar surface area (TPSA) is 87.4 Å². The Labute approximate surface area is 193 Å². The van der Waals surface area contributed by atoms with Crippen molar-refractivity contribution in [1.29, 1.82) is 0 Å². The van der Waals surface area contributed by atoms with Crippen molar-refractivity contribution in [1.82, 2.24) is 29.3 Å². The molecule has 0 aliphatic rings. The molecule has 1 aromatic carbocycles. The van der Waals surface area contributed by atoms with Crippen LogP contribution in [0.15, 0.2) is 55.0 Å². The van der Waals surface area contributed by atoms with Gasteiger partial charge in [-0.05, 0) is 48.4 Å². The molecular weight excluding hydrogens is 448 g/mol. The van der Waals surface area contributed by atoms with E-state index in [1.165, 1.54) is 0 Å². The molecule has 33 heavy (non-hydrogen) atoms. The van der Waals surface area contributed by atoms with Gasteiger partial charge in [0.15, 0.2) is 5.82 Å². The van der Waals surface area contributed by atoms with Crippen LogP contribution in [0.1, 0.15) is 24.9 Å². The maximum atomic E-state index is 12.8. The fourth-order valence-corrected chi connectivity index (χ4v) is 3.41. The lowest BCUT2D eigenvalue weighted by molar-refractivity contribution is 0.0561. The van der Waals surface area contributed by atoms with Crippen LogP contribution < -0.4 is 16.4 Å². The molecule has 3 aromatic heterocycles. The Kier molecular flexibility index (Phi) is 6.32. The molecule has 0 radical (unpaired) electrons. The fourth-order valence-electron chi connectivity index (χ4n) is 3.23. The van der Waals surface area contributed by atoms with Gasteiger partial charge in [-0.3, -0.25) is 4.57 Å². The molecule has 3 heterocycles. The maximum Gasteiger partial charge on any atom is 0.334 e. The second kappa shape index (κ2) is 9.33. The Balaban J connectivity index is 1.85. The largest absolute Gasteiger partial charge is 0.383 e. The van der Waals surface area contributed by atoms with Gasteiger partial charge in [-0.15, -0.1) is 16.7 Å². The predicted octanol–water partition coefficient (Wildman–Crippen LogP) is 3.54. The average molecular weight is 468 g/mol. The predicted molar refractivity (Wildman–Crippen MR) is 125 cm³/mol. The lowest BCUT2D eigenvalue weighted by atomic mass is 10.2. The van der Waals surface area contributed by atoms with E-state index in [9.17, 15) is 8.78 Å². The molecule has 0 amide bonds. The number of halogens is 3. The van der Waals surface area contributed by atoms with Gasteiger partial charge < -0.3 is 5.73 Å². The summed E-state index contributed by atoms with van der Waals surface area (Å²) in [6.07, 6.45) is 6.05. The number of anilines is 1. The van der Waals surface area contributed by atoms with Gasteiger partial charge in [-0.25, -0.2) is 15.0 Å². The van der Waals surface area contributed by atoms with Crippen molar-refractivity contribution in [3.05, 3.63) is 77.1 Å². The van der Waals surface area contributed by atoms with Crippen molar-refractivity contribution >= 4 is 35.6 Å². The number of nitrogen functional groups attached to an aromatic ring is 1. The standard InChI is InChI=1S/C23H20ClF2N7/c1-14(21-29-13-32(31-21)23(25)26)5-10-19-15(2)33(17-8-6-16(12-24)7-9-17)22(30-19)18-4-3-11-28-20(18)27/h3-11,13,23H,2,12H2,1H3,(H2,27,28)/b14-5+,19-10+. The van der Waals surface area contributed by atoms with Crippen molar-refractivity contribution in [3.63, 3.8) is 0 Å². The summed E-state index contributed by atoms with van der Waals surface area (Å²) in [5.74, 6) is 1.51. The molecule has 0 fully saturated rings. The van der Waals surface area contributed by atoms with Crippen molar-refractivity contribution in [2.75, 3.05) is 5.73 Å². The van der Waals surface area contributed by atoms with Gasteiger partial charge in [0.1, 0.15) is 18.0 Å². The van der Waals surface area contributed by atoms with E-state index < -0.39 is 6.55 Å².